The molecule has 40 heavy (non-hydrogen) atoms. The number of carbonyl (C=O) groups is 1. The number of carbonyl (C=O) groups excluding carboxylic acids is 1. The van der Waals surface area contributed by atoms with Crippen molar-refractivity contribution in [3.63, 3.8) is 0 Å². The first kappa shape index (κ1) is 31.0. The van der Waals surface area contributed by atoms with E-state index in [4.69, 9.17) is 24.0 Å². The number of ether oxygens (including phenoxy) is 5. The lowest BCUT2D eigenvalue weighted by Crippen LogP contribution is -2.34. The van der Waals surface area contributed by atoms with Crippen molar-refractivity contribution < 1.29 is 78.8 Å². The average Bonchev–Trinajstić information content (AvgIpc) is 3.13. The molecule has 0 spiro atoms. The molecule has 3 N–H and O–H groups in total. The van der Waals surface area contributed by atoms with E-state index >= 15 is 0 Å². The fourth-order valence-electron chi connectivity index (χ4n) is 3.34. The van der Waals surface area contributed by atoms with Gasteiger partial charge in [-0.25, -0.2) is 9.36 Å². The summed E-state index contributed by atoms with van der Waals surface area (Å²) in [5.74, 6) is -4.23. The molecule has 0 aromatic heterocycles. The van der Waals surface area contributed by atoms with Crippen LogP contribution in [-0.4, -0.2) is 52.4 Å². The third-order valence-corrected chi connectivity index (χ3v) is 5.39. The molecule has 3 rings (SSSR count). The van der Waals surface area contributed by atoms with Gasteiger partial charge >= 0.3 is 26.5 Å². The van der Waals surface area contributed by atoms with Crippen LogP contribution < -0.4 is 9.47 Å². The molecule has 0 fully saturated rings. The zero-order valence-corrected chi connectivity index (χ0v) is 20.6. The summed E-state index contributed by atoms with van der Waals surface area (Å²) in [6.45, 7) is -2.67. The molecule has 0 bridgehead atoms. The molecule has 11 nitrogen and oxygen atoms in total. The zero-order chi connectivity index (χ0) is 29.7. The second-order valence-electron chi connectivity index (χ2n) is 7.72. The highest BCUT2D eigenvalue weighted by Crippen LogP contribution is 2.41. The van der Waals surface area contributed by atoms with E-state index in [9.17, 15) is 40.8 Å². The van der Waals surface area contributed by atoms with Crippen LogP contribution in [0.25, 0.3) is 0 Å². The number of aliphatic hydroxyl groups excluding tert-OH is 1. The molecule has 2 atom stereocenters. The normalized spacial score (nSPS) is 16.9. The Morgan fingerprint density at radius 3 is 1.77 bits per heavy atom. The van der Waals surface area contributed by atoms with Gasteiger partial charge < -0.3 is 38.6 Å². The summed E-state index contributed by atoms with van der Waals surface area (Å²) >= 11 is 0. The van der Waals surface area contributed by atoms with Gasteiger partial charge in [-0.1, -0.05) is 36.4 Å². The molecule has 0 saturated heterocycles. The zero-order valence-electron chi connectivity index (χ0n) is 19.7. The lowest BCUT2D eigenvalue weighted by Gasteiger charge is -2.23. The van der Waals surface area contributed by atoms with Gasteiger partial charge in [-0.2, -0.15) is 0 Å². The highest BCUT2D eigenvalue weighted by Gasteiger charge is 2.45. The lowest BCUT2D eigenvalue weighted by molar-refractivity contribution is -0.276. The number of alkyl halides is 6. The van der Waals surface area contributed by atoms with Gasteiger partial charge in [-0.3, -0.25) is 4.52 Å². The van der Waals surface area contributed by atoms with Crippen LogP contribution in [0.1, 0.15) is 11.1 Å². The number of cyclic esters (lactones) is 1. The summed E-state index contributed by atoms with van der Waals surface area (Å²) in [6, 6.07) is 9.35. The van der Waals surface area contributed by atoms with E-state index in [2.05, 4.69) is 14.0 Å². The average molecular weight is 604 g/mol. The molecule has 1 heterocycles. The number of halogens is 6. The van der Waals surface area contributed by atoms with Crippen molar-refractivity contribution in [2.75, 3.05) is 6.61 Å². The Kier molecular flexibility index (Phi) is 9.58. The maximum absolute atomic E-state index is 12.8. The molecule has 0 aliphatic carbocycles. The smallest absolute Gasteiger partial charge is 0.485 e. The van der Waals surface area contributed by atoms with Crippen LogP contribution in [0.4, 0.5) is 26.3 Å². The number of benzene rings is 2. The van der Waals surface area contributed by atoms with E-state index in [0.717, 1.165) is 24.3 Å². The summed E-state index contributed by atoms with van der Waals surface area (Å²) in [4.78, 5) is 30.9. The first-order valence-electron chi connectivity index (χ1n) is 10.8. The van der Waals surface area contributed by atoms with E-state index in [-0.39, 0.29) is 11.1 Å². The van der Waals surface area contributed by atoms with Crippen LogP contribution in [0, 0.1) is 0 Å². The van der Waals surface area contributed by atoms with Crippen LogP contribution in [0.3, 0.4) is 0 Å². The fraction of sp³-hybridized carbons (Fsp3) is 0.318. The molecule has 220 valence electrons. The Morgan fingerprint density at radius 2 is 1.32 bits per heavy atom. The van der Waals surface area contributed by atoms with Crippen molar-refractivity contribution in [1.29, 1.82) is 0 Å². The van der Waals surface area contributed by atoms with Crippen LogP contribution in [-0.2, 0) is 41.3 Å². The standard InChI is InChI=1S/C22H19F6O11P/c23-21(24,25)37-14-7-3-1-5-12(14)10-34-18-17(16(9-29)39-40(31,32)33)36-20(30)19(18)35-11-13-6-2-4-8-15(13)38-22(26,27)28/h1-8,16-17,29H,9-11H2,(H2,31,32,33)/t16-,17+/m0/s1. The molecule has 2 aromatic rings. The van der Waals surface area contributed by atoms with Crippen molar-refractivity contribution >= 4 is 13.8 Å². The minimum absolute atomic E-state index is 0.211. The van der Waals surface area contributed by atoms with Gasteiger partial charge in [0.25, 0.3) is 0 Å². The molecule has 1 aliphatic rings. The van der Waals surface area contributed by atoms with Gasteiger partial charge in [-0.05, 0) is 12.1 Å². The number of aliphatic hydroxyl groups is 1. The van der Waals surface area contributed by atoms with E-state index in [0.29, 0.717) is 0 Å². The SMILES string of the molecule is O=C1O[C@H]([C@H](CO)OP(=O)(O)O)C(OCc2ccccc2OC(F)(F)F)=C1OCc1ccccc1OC(F)(F)F. The van der Waals surface area contributed by atoms with E-state index in [1.807, 2.05) is 0 Å². The highest BCUT2D eigenvalue weighted by molar-refractivity contribution is 7.46. The van der Waals surface area contributed by atoms with Gasteiger partial charge in [0.2, 0.25) is 5.76 Å². The van der Waals surface area contributed by atoms with E-state index in [1.165, 1.54) is 24.3 Å². The Hall–Kier alpha value is -3.50. The predicted octanol–water partition coefficient (Wildman–Crippen LogP) is 3.82. The number of phosphoric ester groups is 1. The van der Waals surface area contributed by atoms with Crippen molar-refractivity contribution in [1.82, 2.24) is 0 Å². The molecule has 1 aliphatic heterocycles. The summed E-state index contributed by atoms with van der Waals surface area (Å²) in [6.07, 6.45) is -14.0. The fourth-order valence-corrected chi connectivity index (χ4v) is 3.87. The maximum Gasteiger partial charge on any atom is 0.573 e. The number of para-hydroxylation sites is 2. The quantitative estimate of drug-likeness (QED) is 0.184. The largest absolute Gasteiger partial charge is 0.573 e. The van der Waals surface area contributed by atoms with Gasteiger partial charge in [0, 0.05) is 11.1 Å². The minimum Gasteiger partial charge on any atom is -0.485 e. The Labute approximate surface area is 220 Å². The number of phosphoric acid groups is 1. The van der Waals surface area contributed by atoms with E-state index in [1.54, 1.807) is 0 Å². The monoisotopic (exact) mass is 604 g/mol. The summed E-state index contributed by atoms with van der Waals surface area (Å²) in [7, 11) is -5.29. The van der Waals surface area contributed by atoms with Crippen LogP contribution in [0.5, 0.6) is 11.5 Å². The van der Waals surface area contributed by atoms with Crippen LogP contribution in [0.2, 0.25) is 0 Å². The number of esters is 1. The second-order valence-corrected chi connectivity index (χ2v) is 8.92. The van der Waals surface area contributed by atoms with Crippen molar-refractivity contribution in [2.24, 2.45) is 0 Å². The van der Waals surface area contributed by atoms with Gasteiger partial charge in [0.15, 0.2) is 11.9 Å². The topological polar surface area (TPSA) is 150 Å². The highest BCUT2D eigenvalue weighted by atomic mass is 31.2. The van der Waals surface area contributed by atoms with Crippen molar-refractivity contribution in [3.8, 4) is 11.5 Å². The first-order valence-corrected chi connectivity index (χ1v) is 12.3. The number of hydrogen-bond donors (Lipinski definition) is 3. The molecule has 0 saturated carbocycles. The Bertz CT molecular complexity index is 1270. The number of hydrogen-bond acceptors (Lipinski definition) is 9. The lowest BCUT2D eigenvalue weighted by atomic mass is 10.1. The maximum atomic E-state index is 12.8. The second kappa shape index (κ2) is 12.3. The molecule has 0 amide bonds. The predicted molar refractivity (Wildman–Crippen MR) is 117 cm³/mol. The van der Waals surface area contributed by atoms with Crippen molar-refractivity contribution in [2.45, 2.75) is 38.1 Å². The summed E-state index contributed by atoms with van der Waals surface area (Å²) in [5.41, 5.74) is -0.429. The Morgan fingerprint density at radius 1 is 0.850 bits per heavy atom. The molecule has 2 aromatic carbocycles. The van der Waals surface area contributed by atoms with Crippen molar-refractivity contribution in [3.05, 3.63) is 71.2 Å². The number of rotatable bonds is 12. The molecule has 18 heteroatoms. The third kappa shape index (κ3) is 9.02. The van der Waals surface area contributed by atoms with Gasteiger partial charge in [-0.15, -0.1) is 26.3 Å². The third-order valence-electron chi connectivity index (χ3n) is 4.84. The van der Waals surface area contributed by atoms with Gasteiger partial charge in [0.1, 0.15) is 30.8 Å². The van der Waals surface area contributed by atoms with Gasteiger partial charge in [0.05, 0.1) is 6.61 Å². The first-order chi connectivity index (χ1) is 18.6. The molecule has 0 radical (unpaired) electrons. The molecule has 0 unspecified atom stereocenters. The Balaban J connectivity index is 1.95. The summed E-state index contributed by atoms with van der Waals surface area (Å²) < 4.78 is 116. The summed E-state index contributed by atoms with van der Waals surface area (Å²) in [5, 5.41) is 9.60. The van der Waals surface area contributed by atoms with E-state index < -0.39 is 81.6 Å². The molecular weight excluding hydrogens is 585 g/mol. The molecular formula is C22H19F6O11P. The van der Waals surface area contributed by atoms with Crippen LogP contribution in [0.15, 0.2) is 60.0 Å². The minimum atomic E-state index is -5.29. The van der Waals surface area contributed by atoms with Crippen LogP contribution >= 0.6 is 7.82 Å².